The van der Waals surface area contributed by atoms with Gasteiger partial charge in [0.15, 0.2) is 5.69 Å². The number of aliphatic imine (C=N–C) groups is 1. The third kappa shape index (κ3) is 1.45. The quantitative estimate of drug-likeness (QED) is 0.796. The Labute approximate surface area is 114 Å². The maximum Gasteiger partial charge on any atom is 0.319 e. The predicted octanol–water partition coefficient (Wildman–Crippen LogP) is 1.54. The van der Waals surface area contributed by atoms with Crippen molar-refractivity contribution in [1.82, 2.24) is 15.6 Å². The Morgan fingerprint density at radius 3 is 2.80 bits per heavy atom. The number of benzene rings is 1. The van der Waals surface area contributed by atoms with Gasteiger partial charge >= 0.3 is 11.7 Å². The Morgan fingerprint density at radius 1 is 1.25 bits per heavy atom. The number of hydrogen-bond donors (Lipinski definition) is 1. The van der Waals surface area contributed by atoms with Crippen LogP contribution in [0.3, 0.4) is 0 Å². The molecule has 4 rings (SSSR count). The lowest BCUT2D eigenvalue weighted by Gasteiger charge is -2.16. The Balaban J connectivity index is 1.79. The van der Waals surface area contributed by atoms with E-state index in [2.05, 4.69) is 15.6 Å². The van der Waals surface area contributed by atoms with Gasteiger partial charge in [-0.05, 0) is 19.1 Å². The van der Waals surface area contributed by atoms with Gasteiger partial charge < -0.3 is 4.52 Å². The first kappa shape index (κ1) is 11.1. The van der Waals surface area contributed by atoms with Crippen LogP contribution in [-0.2, 0) is 0 Å². The zero-order valence-electron chi connectivity index (χ0n) is 10.6. The van der Waals surface area contributed by atoms with Gasteiger partial charge in [-0.15, -0.1) is 5.43 Å². The molecule has 20 heavy (non-hydrogen) atoms. The van der Waals surface area contributed by atoms with E-state index in [0.29, 0.717) is 28.6 Å². The van der Waals surface area contributed by atoms with Crippen molar-refractivity contribution in [2.75, 3.05) is 0 Å². The van der Waals surface area contributed by atoms with Gasteiger partial charge in [0.05, 0.1) is 11.1 Å². The van der Waals surface area contributed by atoms with Crippen LogP contribution in [-0.4, -0.2) is 16.9 Å². The van der Waals surface area contributed by atoms with Crippen molar-refractivity contribution in [2.24, 2.45) is 4.99 Å². The molecule has 1 radical (unpaired) electrons. The number of hydrazine groups is 1. The van der Waals surface area contributed by atoms with Crippen molar-refractivity contribution in [1.29, 1.82) is 0 Å². The molecule has 0 fully saturated rings. The highest BCUT2D eigenvalue weighted by molar-refractivity contribution is 6.18. The number of aromatic nitrogens is 1. The monoisotopic (exact) mass is 266 g/mol. The molecule has 3 heterocycles. The standard InChI is InChI=1S/C14H10N4O2/c1-8-6-11(17-20-8)12-7-15-13-9-4-2-3-5-10(9)14(19)16-18(12)13/h2-7H,1H3,(H,16,19)/q+1. The van der Waals surface area contributed by atoms with E-state index in [4.69, 9.17) is 4.52 Å². The van der Waals surface area contributed by atoms with Gasteiger partial charge in [-0.1, -0.05) is 17.3 Å². The topological polar surface area (TPSA) is 73.4 Å². The minimum Gasteiger partial charge on any atom is -0.361 e. The molecule has 0 atom stereocenters. The van der Waals surface area contributed by atoms with Gasteiger partial charge in [0, 0.05) is 11.1 Å². The average molecular weight is 266 g/mol. The van der Waals surface area contributed by atoms with Gasteiger partial charge in [0.25, 0.3) is 5.70 Å². The van der Waals surface area contributed by atoms with Gasteiger partial charge in [-0.2, -0.15) is 4.99 Å². The Hall–Kier alpha value is -2.73. The maximum atomic E-state index is 12.1. The highest BCUT2D eigenvalue weighted by atomic mass is 16.5. The summed E-state index contributed by atoms with van der Waals surface area (Å²) in [5, 5.41) is 5.60. The molecule has 2 aromatic rings. The van der Waals surface area contributed by atoms with E-state index in [1.165, 1.54) is 0 Å². The third-order valence-electron chi connectivity index (χ3n) is 3.28. The van der Waals surface area contributed by atoms with Crippen molar-refractivity contribution in [3.8, 4) is 0 Å². The predicted molar refractivity (Wildman–Crippen MR) is 71.8 cm³/mol. The summed E-state index contributed by atoms with van der Waals surface area (Å²) in [6.45, 7) is 1.82. The van der Waals surface area contributed by atoms with E-state index in [-0.39, 0.29) is 5.91 Å². The first-order chi connectivity index (χ1) is 9.74. The molecule has 1 aromatic heterocycles. The summed E-state index contributed by atoms with van der Waals surface area (Å²) in [7, 11) is 0. The Morgan fingerprint density at radius 2 is 2.05 bits per heavy atom. The molecule has 0 saturated heterocycles. The van der Waals surface area contributed by atoms with E-state index < -0.39 is 0 Å². The average Bonchev–Trinajstić information content (AvgIpc) is 3.05. The number of carbonyl (C=O) groups excluding carboxylic acids is 1. The van der Waals surface area contributed by atoms with Crippen molar-refractivity contribution < 1.29 is 9.32 Å². The molecule has 0 bridgehead atoms. The lowest BCUT2D eigenvalue weighted by atomic mass is 10.0. The Bertz CT molecular complexity index is 788. The zero-order valence-corrected chi connectivity index (χ0v) is 10.6. The molecular formula is C14H10N4O2+. The number of amides is 1. The van der Waals surface area contributed by atoms with Crippen LogP contribution in [0.25, 0.3) is 5.70 Å². The summed E-state index contributed by atoms with van der Waals surface area (Å²) in [6, 6.07) is 9.18. The normalized spacial score (nSPS) is 17.1. The van der Waals surface area contributed by atoms with E-state index in [0.717, 1.165) is 5.56 Å². The number of aryl methyl sites for hydroxylation is 1. The summed E-state index contributed by atoms with van der Waals surface area (Å²) in [6.07, 6.45) is 1.68. The lowest BCUT2D eigenvalue weighted by Crippen LogP contribution is -2.52. The smallest absolute Gasteiger partial charge is 0.319 e. The molecule has 1 amide bonds. The number of fused-ring (bicyclic) bond motifs is 3. The molecule has 0 spiro atoms. The minimum absolute atomic E-state index is 0.160. The number of amidine groups is 1. The fourth-order valence-corrected chi connectivity index (χ4v) is 2.36. The summed E-state index contributed by atoms with van der Waals surface area (Å²) < 4.78 is 5.07. The molecule has 6 nitrogen and oxygen atoms in total. The highest BCUT2D eigenvalue weighted by Gasteiger charge is 2.45. The fraction of sp³-hybridized carbons (Fsp3) is 0.0714. The van der Waals surface area contributed by atoms with Crippen LogP contribution < -0.4 is 10.4 Å². The van der Waals surface area contributed by atoms with Gasteiger partial charge in [-0.3, -0.25) is 4.79 Å². The molecule has 97 valence electrons. The van der Waals surface area contributed by atoms with Crippen LogP contribution in [0.1, 0.15) is 27.4 Å². The first-order valence-electron chi connectivity index (χ1n) is 6.16. The van der Waals surface area contributed by atoms with E-state index in [1.807, 2.05) is 25.1 Å². The number of nitrogens with one attached hydrogen (secondary N) is 1. The molecule has 0 unspecified atom stereocenters. The minimum atomic E-state index is -0.160. The molecular weight excluding hydrogens is 256 g/mol. The molecule has 2 aliphatic heterocycles. The van der Waals surface area contributed by atoms with Crippen LogP contribution in [0.5, 0.6) is 0 Å². The van der Waals surface area contributed by atoms with E-state index in [1.54, 1.807) is 23.3 Å². The van der Waals surface area contributed by atoms with Crippen molar-refractivity contribution in [2.45, 2.75) is 6.92 Å². The van der Waals surface area contributed by atoms with Gasteiger partial charge in [0.1, 0.15) is 12.0 Å². The zero-order chi connectivity index (χ0) is 13.7. The second-order valence-corrected chi connectivity index (χ2v) is 4.61. The van der Waals surface area contributed by atoms with Crippen LogP contribution in [0, 0.1) is 6.92 Å². The van der Waals surface area contributed by atoms with Crippen LogP contribution in [0.15, 0.2) is 46.0 Å². The summed E-state index contributed by atoms with van der Waals surface area (Å²) in [5.74, 6) is 1.24. The largest absolute Gasteiger partial charge is 0.361 e. The number of rotatable bonds is 1. The Kier molecular flexibility index (Phi) is 2.16. The molecule has 0 aliphatic carbocycles. The van der Waals surface area contributed by atoms with E-state index in [9.17, 15) is 4.79 Å². The lowest BCUT2D eigenvalue weighted by molar-refractivity contribution is 0.0923. The van der Waals surface area contributed by atoms with E-state index >= 15 is 0 Å². The maximum absolute atomic E-state index is 12.1. The van der Waals surface area contributed by atoms with Crippen molar-refractivity contribution in [3.63, 3.8) is 0 Å². The molecule has 2 aliphatic rings. The third-order valence-corrected chi connectivity index (χ3v) is 3.28. The number of hydrogen-bond acceptors (Lipinski definition) is 5. The van der Waals surface area contributed by atoms with Gasteiger partial charge in [0.2, 0.25) is 0 Å². The SMILES string of the molecule is Cc1cc(C2=CN=C3c4ccccc4C(=O)N[N+]23)no1. The van der Waals surface area contributed by atoms with Crippen molar-refractivity contribution in [3.05, 3.63) is 59.1 Å². The van der Waals surface area contributed by atoms with Crippen LogP contribution in [0.2, 0.25) is 0 Å². The molecule has 1 aromatic carbocycles. The summed E-state index contributed by atoms with van der Waals surface area (Å²) >= 11 is 0. The number of nitrogens with zero attached hydrogens (tertiary/aromatic N) is 3. The summed E-state index contributed by atoms with van der Waals surface area (Å²) in [5.41, 5.74) is 5.57. The second kappa shape index (κ2) is 3.88. The summed E-state index contributed by atoms with van der Waals surface area (Å²) in [4.78, 5) is 16.5. The molecule has 0 saturated carbocycles. The van der Waals surface area contributed by atoms with Crippen LogP contribution in [0.4, 0.5) is 0 Å². The van der Waals surface area contributed by atoms with Gasteiger partial charge in [-0.25, -0.2) is 0 Å². The first-order valence-corrected chi connectivity index (χ1v) is 6.16. The number of carbonyl (C=O) groups is 1. The molecule has 6 heteroatoms. The second-order valence-electron chi connectivity index (χ2n) is 4.61. The fourth-order valence-electron chi connectivity index (χ4n) is 2.36. The van der Waals surface area contributed by atoms with Crippen LogP contribution >= 0.6 is 0 Å². The van der Waals surface area contributed by atoms with Crippen molar-refractivity contribution >= 4 is 17.4 Å². The highest BCUT2D eigenvalue weighted by Crippen LogP contribution is 2.27. The molecule has 1 N–H and O–H groups in total.